The third-order valence-electron chi connectivity index (χ3n) is 3.06. The summed E-state index contributed by atoms with van der Waals surface area (Å²) < 4.78 is 0. The molecule has 0 radical (unpaired) electrons. The molecule has 0 spiro atoms. The second-order valence-corrected chi connectivity index (χ2v) is 4.01. The van der Waals surface area contributed by atoms with E-state index in [9.17, 15) is 4.79 Å². The Morgan fingerprint density at radius 2 is 2.17 bits per heavy atom. The Labute approximate surface area is 73.9 Å². The molecule has 0 aromatic rings. The van der Waals surface area contributed by atoms with E-state index >= 15 is 0 Å². The largest absolute Gasteiger partial charge is 0.339 e. The molecule has 0 bridgehead atoms. The van der Waals surface area contributed by atoms with Crippen LogP contribution in [0.25, 0.3) is 0 Å². The normalized spacial score (nSPS) is 29.4. The van der Waals surface area contributed by atoms with Crippen LogP contribution in [0.2, 0.25) is 0 Å². The van der Waals surface area contributed by atoms with E-state index in [0.717, 1.165) is 25.8 Å². The fraction of sp³-hybridized carbons (Fsp3) is 0.900. The summed E-state index contributed by atoms with van der Waals surface area (Å²) in [5.41, 5.74) is 0. The number of carbonyl (C=O) groups excluding carboxylic acids is 1. The molecule has 1 atom stereocenters. The van der Waals surface area contributed by atoms with Crippen LogP contribution in [0.4, 0.5) is 0 Å². The first kappa shape index (κ1) is 8.09. The van der Waals surface area contributed by atoms with Crippen LogP contribution >= 0.6 is 0 Å². The van der Waals surface area contributed by atoms with Crippen LogP contribution in [-0.4, -0.2) is 23.4 Å². The molecule has 1 amide bonds. The molecule has 2 heteroatoms. The molecular weight excluding hydrogens is 150 g/mol. The van der Waals surface area contributed by atoms with E-state index in [0.29, 0.717) is 17.9 Å². The van der Waals surface area contributed by atoms with Crippen molar-refractivity contribution in [3.63, 3.8) is 0 Å². The van der Waals surface area contributed by atoms with Gasteiger partial charge in [0.05, 0.1) is 0 Å². The topological polar surface area (TPSA) is 20.3 Å². The van der Waals surface area contributed by atoms with Crippen molar-refractivity contribution in [3.05, 3.63) is 0 Å². The predicted octanol–water partition coefficient (Wildman–Crippen LogP) is 1.80. The molecule has 68 valence electrons. The van der Waals surface area contributed by atoms with Crippen molar-refractivity contribution < 1.29 is 4.79 Å². The molecular formula is C10H17NO. The van der Waals surface area contributed by atoms with E-state index in [4.69, 9.17) is 0 Å². The van der Waals surface area contributed by atoms with Crippen molar-refractivity contribution in [1.82, 2.24) is 4.90 Å². The van der Waals surface area contributed by atoms with Crippen LogP contribution in [0.15, 0.2) is 0 Å². The van der Waals surface area contributed by atoms with Gasteiger partial charge in [0.2, 0.25) is 5.91 Å². The Bertz CT molecular complexity index is 186. The average Bonchev–Trinajstić information content (AvgIpc) is 2.82. The third-order valence-corrected chi connectivity index (χ3v) is 3.06. The van der Waals surface area contributed by atoms with Gasteiger partial charge in [0.15, 0.2) is 0 Å². The zero-order chi connectivity index (χ0) is 8.55. The summed E-state index contributed by atoms with van der Waals surface area (Å²) in [7, 11) is 0. The summed E-state index contributed by atoms with van der Waals surface area (Å²) in [5, 5.41) is 0. The fourth-order valence-electron chi connectivity index (χ4n) is 2.12. The van der Waals surface area contributed by atoms with Crippen LogP contribution in [-0.2, 0) is 4.79 Å². The molecule has 0 N–H and O–H groups in total. The maximum Gasteiger partial charge on any atom is 0.225 e. The highest BCUT2D eigenvalue weighted by Crippen LogP contribution is 2.34. The van der Waals surface area contributed by atoms with Gasteiger partial charge in [-0.3, -0.25) is 4.79 Å². The average molecular weight is 167 g/mol. The van der Waals surface area contributed by atoms with E-state index < -0.39 is 0 Å². The molecule has 0 unspecified atom stereocenters. The number of likely N-dealkylation sites (tertiary alicyclic amines) is 1. The van der Waals surface area contributed by atoms with Crippen LogP contribution in [0, 0.1) is 5.92 Å². The number of rotatable bonds is 2. The molecule has 1 aliphatic heterocycles. The van der Waals surface area contributed by atoms with Crippen molar-refractivity contribution in [2.45, 2.75) is 45.1 Å². The standard InChI is InChI=1S/C10H17NO/c1-2-9-4-3-7-11(9)10(12)8-5-6-8/h8-9H,2-7H2,1H3/t9-/m1/s1. The molecule has 2 aliphatic rings. The van der Waals surface area contributed by atoms with Crippen molar-refractivity contribution in [1.29, 1.82) is 0 Å². The molecule has 1 saturated heterocycles. The maximum absolute atomic E-state index is 11.7. The summed E-state index contributed by atoms with van der Waals surface area (Å²) in [5.74, 6) is 0.858. The van der Waals surface area contributed by atoms with E-state index in [1.807, 2.05) is 0 Å². The van der Waals surface area contributed by atoms with Gasteiger partial charge in [0.25, 0.3) is 0 Å². The number of carbonyl (C=O) groups is 1. The van der Waals surface area contributed by atoms with Crippen molar-refractivity contribution in [3.8, 4) is 0 Å². The van der Waals surface area contributed by atoms with Gasteiger partial charge in [-0.2, -0.15) is 0 Å². The fourth-order valence-corrected chi connectivity index (χ4v) is 2.12. The summed E-state index contributed by atoms with van der Waals surface area (Å²) in [6, 6.07) is 0.568. The second kappa shape index (κ2) is 3.08. The predicted molar refractivity (Wildman–Crippen MR) is 47.8 cm³/mol. The Hall–Kier alpha value is -0.530. The van der Waals surface area contributed by atoms with Gasteiger partial charge in [-0.05, 0) is 32.1 Å². The van der Waals surface area contributed by atoms with Gasteiger partial charge in [-0.1, -0.05) is 6.92 Å². The molecule has 1 heterocycles. The molecule has 2 nitrogen and oxygen atoms in total. The van der Waals surface area contributed by atoms with Crippen LogP contribution in [0.1, 0.15) is 39.0 Å². The highest BCUT2D eigenvalue weighted by molar-refractivity contribution is 5.81. The minimum absolute atomic E-state index is 0.414. The van der Waals surface area contributed by atoms with Gasteiger partial charge in [0.1, 0.15) is 0 Å². The van der Waals surface area contributed by atoms with Crippen molar-refractivity contribution >= 4 is 5.91 Å². The van der Waals surface area contributed by atoms with Crippen molar-refractivity contribution in [2.75, 3.05) is 6.54 Å². The Morgan fingerprint density at radius 3 is 2.75 bits per heavy atom. The monoisotopic (exact) mass is 167 g/mol. The van der Waals surface area contributed by atoms with Gasteiger partial charge < -0.3 is 4.90 Å². The minimum Gasteiger partial charge on any atom is -0.339 e. The lowest BCUT2D eigenvalue weighted by molar-refractivity contribution is -0.133. The molecule has 1 saturated carbocycles. The lowest BCUT2D eigenvalue weighted by Crippen LogP contribution is -2.36. The SMILES string of the molecule is CC[C@@H]1CCCN1C(=O)C1CC1. The summed E-state index contributed by atoms with van der Waals surface area (Å²) in [6.45, 7) is 3.21. The van der Waals surface area contributed by atoms with Gasteiger partial charge >= 0.3 is 0 Å². The smallest absolute Gasteiger partial charge is 0.225 e. The van der Waals surface area contributed by atoms with E-state index in [1.54, 1.807) is 0 Å². The van der Waals surface area contributed by atoms with E-state index in [-0.39, 0.29) is 0 Å². The van der Waals surface area contributed by atoms with Gasteiger partial charge in [-0.15, -0.1) is 0 Å². The first-order chi connectivity index (χ1) is 5.83. The Kier molecular flexibility index (Phi) is 2.07. The zero-order valence-electron chi connectivity index (χ0n) is 7.75. The zero-order valence-corrected chi connectivity index (χ0v) is 7.75. The second-order valence-electron chi connectivity index (χ2n) is 4.01. The maximum atomic E-state index is 11.7. The van der Waals surface area contributed by atoms with Gasteiger partial charge in [0, 0.05) is 18.5 Å². The number of amides is 1. The molecule has 2 fully saturated rings. The summed E-state index contributed by atoms with van der Waals surface area (Å²) in [4.78, 5) is 13.8. The number of hydrogen-bond acceptors (Lipinski definition) is 1. The number of hydrogen-bond donors (Lipinski definition) is 0. The summed E-state index contributed by atoms with van der Waals surface area (Å²) in [6.07, 6.45) is 5.88. The molecule has 1 aliphatic carbocycles. The van der Waals surface area contributed by atoms with Crippen LogP contribution in [0.5, 0.6) is 0 Å². The minimum atomic E-state index is 0.414. The number of nitrogens with zero attached hydrogens (tertiary/aromatic N) is 1. The molecule has 12 heavy (non-hydrogen) atoms. The van der Waals surface area contributed by atoms with Gasteiger partial charge in [-0.25, -0.2) is 0 Å². The van der Waals surface area contributed by atoms with Crippen LogP contribution < -0.4 is 0 Å². The molecule has 2 rings (SSSR count). The third kappa shape index (κ3) is 1.35. The Balaban J connectivity index is 1.96. The van der Waals surface area contributed by atoms with E-state index in [2.05, 4.69) is 11.8 Å². The Morgan fingerprint density at radius 1 is 1.42 bits per heavy atom. The lowest BCUT2D eigenvalue weighted by Gasteiger charge is -2.23. The van der Waals surface area contributed by atoms with Crippen molar-refractivity contribution in [2.24, 2.45) is 5.92 Å². The highest BCUT2D eigenvalue weighted by atomic mass is 16.2. The quantitative estimate of drug-likeness (QED) is 0.614. The molecule has 0 aromatic heterocycles. The van der Waals surface area contributed by atoms with Crippen LogP contribution in [0.3, 0.4) is 0 Å². The summed E-state index contributed by atoms with van der Waals surface area (Å²) >= 11 is 0. The first-order valence-electron chi connectivity index (χ1n) is 5.13. The van der Waals surface area contributed by atoms with E-state index in [1.165, 1.54) is 12.8 Å². The molecule has 0 aromatic carbocycles. The highest BCUT2D eigenvalue weighted by Gasteiger charge is 2.37. The first-order valence-corrected chi connectivity index (χ1v) is 5.13. The lowest BCUT2D eigenvalue weighted by atomic mass is 10.1.